The molecule has 1 saturated heterocycles. The Labute approximate surface area is 221 Å². The van der Waals surface area contributed by atoms with Crippen molar-refractivity contribution in [2.24, 2.45) is 0 Å². The number of nitrogens with one attached hydrogen (secondary N) is 1. The molecule has 3 N–H and O–H groups in total. The van der Waals surface area contributed by atoms with Crippen LogP contribution in [0.15, 0.2) is 55.0 Å². The van der Waals surface area contributed by atoms with Gasteiger partial charge in [-0.2, -0.15) is 0 Å². The highest BCUT2D eigenvalue weighted by Gasteiger charge is 2.29. The van der Waals surface area contributed by atoms with Crippen LogP contribution in [0.4, 0.5) is 11.6 Å². The van der Waals surface area contributed by atoms with Crippen LogP contribution in [-0.2, 0) is 4.79 Å². The second-order valence-corrected chi connectivity index (χ2v) is 10.2. The Balaban J connectivity index is 1.28. The number of amides is 2. The average molecular weight is 510 g/mol. The van der Waals surface area contributed by atoms with E-state index >= 15 is 0 Å². The Morgan fingerprint density at radius 1 is 1.05 bits per heavy atom. The summed E-state index contributed by atoms with van der Waals surface area (Å²) in [5, 5.41) is 2.91. The molecule has 1 aromatic carbocycles. The molecule has 2 fully saturated rings. The molecule has 6 rings (SSSR count). The molecule has 9 nitrogen and oxygen atoms in total. The number of anilines is 2. The fourth-order valence-corrected chi connectivity index (χ4v) is 5.37. The van der Waals surface area contributed by atoms with Crippen molar-refractivity contribution in [1.82, 2.24) is 24.3 Å². The molecule has 1 aliphatic heterocycles. The van der Waals surface area contributed by atoms with Gasteiger partial charge in [0.2, 0.25) is 5.91 Å². The van der Waals surface area contributed by atoms with Crippen molar-refractivity contribution in [1.29, 1.82) is 0 Å². The largest absolute Gasteiger partial charge is 0.382 e. The number of carbonyl (C=O) groups excluding carboxylic acids is 2. The van der Waals surface area contributed by atoms with Gasteiger partial charge in [0.1, 0.15) is 28.7 Å². The average Bonchev–Trinajstić information content (AvgIpc) is 3.73. The molecule has 9 heteroatoms. The molecule has 1 atom stereocenters. The summed E-state index contributed by atoms with van der Waals surface area (Å²) in [5.41, 5.74) is 10.4. The van der Waals surface area contributed by atoms with Gasteiger partial charge in [-0.15, -0.1) is 0 Å². The van der Waals surface area contributed by atoms with Crippen molar-refractivity contribution in [3.63, 3.8) is 0 Å². The topological polar surface area (TPSA) is 119 Å². The van der Waals surface area contributed by atoms with E-state index < -0.39 is 0 Å². The second-order valence-electron chi connectivity index (χ2n) is 10.2. The quantitative estimate of drug-likeness (QED) is 0.392. The smallest absolute Gasteiger partial charge is 0.256 e. The van der Waals surface area contributed by atoms with Crippen LogP contribution in [0.25, 0.3) is 16.8 Å². The first-order valence-electron chi connectivity index (χ1n) is 13.3. The van der Waals surface area contributed by atoms with Gasteiger partial charge in [0.15, 0.2) is 0 Å². The number of nitrogens with two attached hydrogens (primary N) is 1. The van der Waals surface area contributed by atoms with E-state index in [0.29, 0.717) is 36.1 Å². The van der Waals surface area contributed by atoms with Crippen LogP contribution in [0.3, 0.4) is 0 Å². The Bertz CT molecular complexity index is 1510. The number of piperidine rings is 1. The minimum atomic E-state index is -0.212. The van der Waals surface area contributed by atoms with E-state index in [2.05, 4.69) is 15.3 Å². The first-order chi connectivity index (χ1) is 18.5. The molecule has 0 bridgehead atoms. The number of benzene rings is 1. The van der Waals surface area contributed by atoms with Gasteiger partial charge in [-0.3, -0.25) is 14.0 Å². The van der Waals surface area contributed by atoms with E-state index in [9.17, 15) is 9.59 Å². The summed E-state index contributed by atoms with van der Waals surface area (Å²) in [4.78, 5) is 40.9. The third kappa shape index (κ3) is 4.60. The van der Waals surface area contributed by atoms with Crippen molar-refractivity contribution in [3.05, 3.63) is 71.9 Å². The molecule has 2 aliphatic rings. The third-order valence-corrected chi connectivity index (χ3v) is 7.55. The Kier molecular flexibility index (Phi) is 6.27. The van der Waals surface area contributed by atoms with Gasteiger partial charge in [-0.05, 0) is 61.4 Å². The zero-order valence-corrected chi connectivity index (χ0v) is 21.4. The van der Waals surface area contributed by atoms with Crippen molar-refractivity contribution < 1.29 is 9.59 Å². The summed E-state index contributed by atoms with van der Waals surface area (Å²) in [5.74, 6) is 2.48. The van der Waals surface area contributed by atoms with Crippen LogP contribution in [0, 0.1) is 0 Å². The van der Waals surface area contributed by atoms with E-state index in [0.717, 1.165) is 42.0 Å². The maximum atomic E-state index is 12.9. The highest BCUT2D eigenvalue weighted by atomic mass is 16.2. The first kappa shape index (κ1) is 24.1. The van der Waals surface area contributed by atoms with Crippen LogP contribution in [0.2, 0.25) is 0 Å². The van der Waals surface area contributed by atoms with Crippen molar-refractivity contribution in [2.75, 3.05) is 24.1 Å². The van der Waals surface area contributed by atoms with Gasteiger partial charge < -0.3 is 16.0 Å². The number of carbonyl (C=O) groups is 2. The maximum Gasteiger partial charge on any atom is 0.256 e. The summed E-state index contributed by atoms with van der Waals surface area (Å²) in [6.45, 7) is 3.32. The van der Waals surface area contributed by atoms with Gasteiger partial charge in [0, 0.05) is 55.1 Å². The number of hydrogen-bond donors (Lipinski definition) is 2. The lowest BCUT2D eigenvalue weighted by atomic mass is 9.97. The number of hydrogen-bond acceptors (Lipinski definition) is 6. The molecule has 3 aromatic heterocycles. The van der Waals surface area contributed by atoms with E-state index in [4.69, 9.17) is 10.7 Å². The highest BCUT2D eigenvalue weighted by Crippen LogP contribution is 2.40. The van der Waals surface area contributed by atoms with Gasteiger partial charge in [0.25, 0.3) is 5.91 Å². The number of imidazole rings is 1. The highest BCUT2D eigenvalue weighted by molar-refractivity contribution is 6.04. The van der Waals surface area contributed by atoms with Crippen molar-refractivity contribution in [3.8, 4) is 11.3 Å². The second kappa shape index (κ2) is 9.89. The van der Waals surface area contributed by atoms with E-state index in [-0.39, 0.29) is 17.7 Å². The Hall–Kier alpha value is -4.27. The van der Waals surface area contributed by atoms with Crippen LogP contribution >= 0.6 is 0 Å². The molecule has 0 spiro atoms. The molecule has 0 radical (unpaired) electrons. The summed E-state index contributed by atoms with van der Waals surface area (Å²) in [6, 6.07) is 11.3. The Morgan fingerprint density at radius 3 is 2.63 bits per heavy atom. The number of aromatic nitrogens is 4. The van der Waals surface area contributed by atoms with Crippen molar-refractivity contribution in [2.45, 2.75) is 50.9 Å². The monoisotopic (exact) mass is 509 g/mol. The first-order valence-corrected chi connectivity index (χ1v) is 13.3. The summed E-state index contributed by atoms with van der Waals surface area (Å²) in [7, 11) is 0. The third-order valence-electron chi connectivity index (χ3n) is 7.55. The van der Waals surface area contributed by atoms with Crippen molar-refractivity contribution >= 4 is 29.0 Å². The normalized spacial score (nSPS) is 17.5. The number of nitrogen functional groups attached to an aromatic ring is 1. The summed E-state index contributed by atoms with van der Waals surface area (Å²) < 4.78 is 2.00. The van der Waals surface area contributed by atoms with Gasteiger partial charge >= 0.3 is 0 Å². The summed E-state index contributed by atoms with van der Waals surface area (Å²) >= 11 is 0. The molecule has 2 amide bonds. The van der Waals surface area contributed by atoms with Gasteiger partial charge in [-0.1, -0.05) is 19.1 Å². The fraction of sp³-hybridized carbons (Fsp3) is 0.345. The number of nitrogens with zero attached hydrogens (tertiary/aromatic N) is 5. The standard InChI is InChI=1S/C29H31N7O2/c1-2-24(37)35-14-3-4-22(17-35)28-34-25(26-27(30)32-13-15-36(26)28)19-7-9-20(10-8-19)29(38)33-23-16-21(11-12-31-23)18-5-6-18/h7-13,15-16,18,22H,2-6,14,17H2,1H3,(H2,30,32)(H,31,33,38)/t22-/m1/s1. The fourth-order valence-electron chi connectivity index (χ4n) is 5.37. The number of rotatable bonds is 6. The lowest BCUT2D eigenvalue weighted by Crippen LogP contribution is -2.39. The van der Waals surface area contributed by atoms with Crippen LogP contribution in [0.5, 0.6) is 0 Å². The van der Waals surface area contributed by atoms with Crippen LogP contribution in [0.1, 0.15) is 72.6 Å². The number of fused-ring (bicyclic) bond motifs is 1. The molecule has 1 saturated carbocycles. The number of pyridine rings is 1. The zero-order valence-electron chi connectivity index (χ0n) is 21.4. The van der Waals surface area contributed by atoms with E-state index in [1.54, 1.807) is 24.5 Å². The number of likely N-dealkylation sites (tertiary alicyclic amines) is 1. The molecule has 4 aromatic rings. The minimum Gasteiger partial charge on any atom is -0.382 e. The van der Waals surface area contributed by atoms with Gasteiger partial charge in [-0.25, -0.2) is 15.0 Å². The predicted molar refractivity (Wildman–Crippen MR) is 146 cm³/mol. The zero-order chi connectivity index (χ0) is 26.2. The summed E-state index contributed by atoms with van der Waals surface area (Å²) in [6.07, 6.45) is 10.1. The van der Waals surface area contributed by atoms with Crippen LogP contribution < -0.4 is 11.1 Å². The molecule has 38 heavy (non-hydrogen) atoms. The molecule has 1 aliphatic carbocycles. The maximum absolute atomic E-state index is 12.9. The molecule has 0 unspecified atom stereocenters. The van der Waals surface area contributed by atoms with Crippen LogP contribution in [-0.4, -0.2) is 49.2 Å². The van der Waals surface area contributed by atoms with Gasteiger partial charge in [0.05, 0.1) is 0 Å². The lowest BCUT2D eigenvalue weighted by Gasteiger charge is -2.32. The van der Waals surface area contributed by atoms with E-state index in [1.165, 1.54) is 18.4 Å². The van der Waals surface area contributed by atoms with E-state index in [1.807, 2.05) is 46.7 Å². The minimum absolute atomic E-state index is 0.103. The molecular formula is C29H31N7O2. The lowest BCUT2D eigenvalue weighted by molar-refractivity contribution is -0.132. The Morgan fingerprint density at radius 2 is 1.87 bits per heavy atom. The predicted octanol–water partition coefficient (Wildman–Crippen LogP) is 4.62. The molecule has 4 heterocycles. The molecular weight excluding hydrogens is 478 g/mol. The molecule has 194 valence electrons. The SMILES string of the molecule is CCC(=O)N1CCC[C@@H](c2nc(-c3ccc(C(=O)Nc4cc(C5CC5)ccn4)cc3)c3c(N)nccn23)C1.